The van der Waals surface area contributed by atoms with Gasteiger partial charge in [-0.1, -0.05) is 42.6 Å². The largest absolute Gasteiger partial charge is 0.338 e. The van der Waals surface area contributed by atoms with Crippen molar-refractivity contribution in [2.24, 2.45) is 0 Å². The lowest BCUT2D eigenvalue weighted by Gasteiger charge is -2.32. The molecule has 0 saturated carbocycles. The molecule has 1 aromatic heterocycles. The lowest BCUT2D eigenvalue weighted by Crippen LogP contribution is -2.45. The maximum atomic E-state index is 4.62. The van der Waals surface area contributed by atoms with Crippen LogP contribution in [0.3, 0.4) is 0 Å². The fraction of sp³-hybridized carbons (Fsp3) is 0.250. The molecule has 3 heterocycles. The highest BCUT2D eigenvalue weighted by atomic mass is 32.2. The zero-order valence-electron chi connectivity index (χ0n) is 16.6. The van der Waals surface area contributed by atoms with E-state index < -0.39 is 0 Å². The normalized spacial score (nSPS) is 16.2. The fourth-order valence-electron chi connectivity index (χ4n) is 3.89. The van der Waals surface area contributed by atoms with Gasteiger partial charge < -0.3 is 9.80 Å². The Balaban J connectivity index is 1.35. The average Bonchev–Trinajstić information content (AvgIpc) is 2.77. The third kappa shape index (κ3) is 3.68. The molecule has 0 unspecified atom stereocenters. The molecule has 0 amide bonds. The van der Waals surface area contributed by atoms with Crippen LogP contribution in [0.5, 0.6) is 0 Å². The third-order valence-corrected chi connectivity index (χ3v) is 6.99. The van der Waals surface area contributed by atoms with Crippen LogP contribution in [0.4, 0.5) is 5.95 Å². The molecular weight excluding hydrogens is 376 g/mol. The SMILES string of the molecule is C=C(c1cnc(N2CCN(C)CC2)nc1)c1ccc2c(c1)Cc1ccccc1S2. The molecule has 0 bridgehead atoms. The van der Waals surface area contributed by atoms with E-state index in [9.17, 15) is 0 Å². The van der Waals surface area contributed by atoms with Crippen molar-refractivity contribution in [3.8, 4) is 0 Å². The second-order valence-electron chi connectivity index (χ2n) is 7.75. The van der Waals surface area contributed by atoms with E-state index in [1.54, 1.807) is 0 Å². The van der Waals surface area contributed by atoms with E-state index in [0.717, 1.165) is 55.2 Å². The zero-order chi connectivity index (χ0) is 19.8. The number of likely N-dealkylation sites (N-methyl/N-ethyl adjacent to an activating group) is 1. The van der Waals surface area contributed by atoms with Gasteiger partial charge in [-0.05, 0) is 53.9 Å². The Morgan fingerprint density at radius 3 is 2.41 bits per heavy atom. The predicted molar refractivity (Wildman–Crippen MR) is 120 cm³/mol. The van der Waals surface area contributed by atoms with Gasteiger partial charge in [0.1, 0.15) is 0 Å². The Kier molecular flexibility index (Phi) is 4.86. The molecule has 5 heteroatoms. The molecule has 0 aliphatic carbocycles. The van der Waals surface area contributed by atoms with E-state index in [2.05, 4.69) is 75.9 Å². The van der Waals surface area contributed by atoms with E-state index in [4.69, 9.17) is 0 Å². The number of aromatic nitrogens is 2. The molecule has 0 radical (unpaired) electrons. The Hall–Kier alpha value is -2.63. The molecule has 29 heavy (non-hydrogen) atoms. The van der Waals surface area contributed by atoms with E-state index in [-0.39, 0.29) is 0 Å². The van der Waals surface area contributed by atoms with Crippen LogP contribution < -0.4 is 4.90 Å². The van der Waals surface area contributed by atoms with Crippen LogP contribution in [0.2, 0.25) is 0 Å². The number of rotatable bonds is 3. The zero-order valence-corrected chi connectivity index (χ0v) is 17.5. The third-order valence-electron chi connectivity index (χ3n) is 5.76. The summed E-state index contributed by atoms with van der Waals surface area (Å²) in [7, 11) is 2.15. The summed E-state index contributed by atoms with van der Waals surface area (Å²) in [5.74, 6) is 0.813. The minimum atomic E-state index is 0.813. The van der Waals surface area contributed by atoms with E-state index in [1.165, 1.54) is 20.9 Å². The van der Waals surface area contributed by atoms with Gasteiger partial charge >= 0.3 is 0 Å². The number of fused-ring (bicyclic) bond motifs is 2. The van der Waals surface area contributed by atoms with Gasteiger partial charge in [0, 0.05) is 53.9 Å². The predicted octanol–water partition coefficient (Wildman–Crippen LogP) is 4.35. The molecule has 0 N–H and O–H groups in total. The summed E-state index contributed by atoms with van der Waals surface area (Å²) in [5.41, 5.74) is 5.85. The van der Waals surface area contributed by atoms with Crippen LogP contribution in [0.1, 0.15) is 22.3 Å². The molecule has 2 aromatic carbocycles. The Morgan fingerprint density at radius 1 is 0.897 bits per heavy atom. The molecule has 0 atom stereocenters. The molecule has 2 aliphatic heterocycles. The lowest BCUT2D eigenvalue weighted by atomic mass is 9.97. The van der Waals surface area contributed by atoms with Gasteiger partial charge in [0.25, 0.3) is 0 Å². The van der Waals surface area contributed by atoms with Crippen molar-refractivity contribution in [3.63, 3.8) is 0 Å². The first-order chi connectivity index (χ1) is 14.2. The Bertz CT molecular complexity index is 1050. The van der Waals surface area contributed by atoms with Crippen LogP contribution in [0.15, 0.2) is 71.2 Å². The number of piperazine rings is 1. The second-order valence-corrected chi connectivity index (χ2v) is 8.83. The highest BCUT2D eigenvalue weighted by Gasteiger charge is 2.18. The van der Waals surface area contributed by atoms with Crippen molar-refractivity contribution in [3.05, 3.63) is 83.7 Å². The van der Waals surface area contributed by atoms with Crippen LogP contribution in [0.25, 0.3) is 5.57 Å². The number of nitrogens with zero attached hydrogens (tertiary/aromatic N) is 4. The summed E-state index contributed by atoms with van der Waals surface area (Å²) in [4.78, 5) is 16.5. The molecular formula is C24H24N4S. The van der Waals surface area contributed by atoms with Crippen molar-refractivity contribution in [1.82, 2.24) is 14.9 Å². The summed E-state index contributed by atoms with van der Waals surface area (Å²) >= 11 is 1.85. The van der Waals surface area contributed by atoms with Crippen LogP contribution in [-0.2, 0) is 6.42 Å². The summed E-state index contributed by atoms with van der Waals surface area (Å²) in [6.07, 6.45) is 4.79. The first kappa shape index (κ1) is 18.4. The second kappa shape index (κ2) is 7.65. The van der Waals surface area contributed by atoms with Gasteiger partial charge in [0.05, 0.1) is 0 Å². The highest BCUT2D eigenvalue weighted by Crippen LogP contribution is 2.40. The van der Waals surface area contributed by atoms with Crippen LogP contribution in [0, 0.1) is 0 Å². The minimum Gasteiger partial charge on any atom is -0.338 e. The summed E-state index contributed by atoms with van der Waals surface area (Å²) in [6.45, 7) is 8.38. The molecule has 1 saturated heterocycles. The molecule has 2 aliphatic rings. The topological polar surface area (TPSA) is 32.3 Å². The molecule has 4 nitrogen and oxygen atoms in total. The van der Waals surface area contributed by atoms with Crippen LogP contribution >= 0.6 is 11.8 Å². The average molecular weight is 401 g/mol. The van der Waals surface area contributed by atoms with E-state index in [0.29, 0.717) is 0 Å². The maximum absolute atomic E-state index is 4.62. The van der Waals surface area contributed by atoms with Crippen molar-refractivity contribution in [1.29, 1.82) is 0 Å². The Labute approximate surface area is 176 Å². The van der Waals surface area contributed by atoms with Gasteiger partial charge in [-0.25, -0.2) is 9.97 Å². The number of hydrogen-bond donors (Lipinski definition) is 0. The monoisotopic (exact) mass is 400 g/mol. The van der Waals surface area contributed by atoms with Gasteiger partial charge in [-0.15, -0.1) is 0 Å². The number of hydrogen-bond acceptors (Lipinski definition) is 5. The Morgan fingerprint density at radius 2 is 1.62 bits per heavy atom. The first-order valence-corrected chi connectivity index (χ1v) is 10.8. The molecule has 5 rings (SSSR count). The summed E-state index contributed by atoms with van der Waals surface area (Å²) in [6, 6.07) is 15.3. The summed E-state index contributed by atoms with van der Waals surface area (Å²) < 4.78 is 0. The van der Waals surface area contributed by atoms with Gasteiger partial charge in [-0.3, -0.25) is 0 Å². The molecule has 0 spiro atoms. The van der Waals surface area contributed by atoms with Crippen molar-refractivity contribution in [2.75, 3.05) is 38.1 Å². The van der Waals surface area contributed by atoms with Gasteiger partial charge in [-0.2, -0.15) is 0 Å². The molecule has 146 valence electrons. The molecule has 3 aromatic rings. The number of benzene rings is 2. The van der Waals surface area contributed by atoms with Crippen molar-refractivity contribution in [2.45, 2.75) is 16.2 Å². The molecule has 1 fully saturated rings. The highest BCUT2D eigenvalue weighted by molar-refractivity contribution is 7.99. The standard InChI is InChI=1S/C24H24N4S/c1-17(21-15-25-24(26-16-21)28-11-9-27(2)10-12-28)18-7-8-23-20(13-18)14-19-5-3-4-6-22(19)29-23/h3-8,13,15-16H,1,9-12,14H2,2H3. The number of anilines is 1. The van der Waals surface area contributed by atoms with E-state index in [1.807, 2.05) is 24.2 Å². The first-order valence-electron chi connectivity index (χ1n) is 10.0. The fourth-order valence-corrected chi connectivity index (χ4v) is 4.94. The maximum Gasteiger partial charge on any atom is 0.225 e. The quantitative estimate of drug-likeness (QED) is 0.511. The van der Waals surface area contributed by atoms with E-state index >= 15 is 0 Å². The minimum absolute atomic E-state index is 0.813. The van der Waals surface area contributed by atoms with Gasteiger partial charge in [0.15, 0.2) is 0 Å². The summed E-state index contributed by atoms with van der Waals surface area (Å²) in [5, 5.41) is 0. The van der Waals surface area contributed by atoms with Crippen molar-refractivity contribution >= 4 is 23.3 Å². The van der Waals surface area contributed by atoms with Gasteiger partial charge in [0.2, 0.25) is 5.95 Å². The lowest BCUT2D eigenvalue weighted by molar-refractivity contribution is 0.311. The van der Waals surface area contributed by atoms with Crippen LogP contribution in [-0.4, -0.2) is 48.1 Å². The van der Waals surface area contributed by atoms with Crippen molar-refractivity contribution < 1.29 is 0 Å². The smallest absolute Gasteiger partial charge is 0.225 e.